The Bertz CT molecular complexity index is 1540. The predicted octanol–water partition coefficient (Wildman–Crippen LogP) is 7.15. The summed E-state index contributed by atoms with van der Waals surface area (Å²) < 4.78 is 57.8. The number of nitrogens with zero attached hydrogens (tertiary/aromatic N) is 2. The first-order valence-corrected chi connectivity index (χ1v) is 11.6. The molecule has 0 unspecified atom stereocenters. The molecule has 3 aromatic heterocycles. The number of aromatic amines is 1. The maximum atomic E-state index is 14.2. The average molecular weight is 501 g/mol. The number of anilines is 1. The van der Waals surface area contributed by atoms with Crippen LogP contribution in [0.15, 0.2) is 48.8 Å². The van der Waals surface area contributed by atoms with Gasteiger partial charge >= 0.3 is 6.36 Å². The number of hydrogen-bond acceptors (Lipinski definition) is 5. The van der Waals surface area contributed by atoms with Crippen LogP contribution >= 0.6 is 11.3 Å². The average Bonchev–Trinajstić information content (AvgIpc) is 3.38. The van der Waals surface area contributed by atoms with Gasteiger partial charge in [-0.3, -0.25) is 0 Å². The third kappa shape index (κ3) is 4.53. The number of hydrogen-bond donors (Lipinski definition) is 2. The van der Waals surface area contributed by atoms with Crippen molar-refractivity contribution in [3.05, 3.63) is 71.4 Å². The molecule has 3 heterocycles. The van der Waals surface area contributed by atoms with Crippen molar-refractivity contribution in [2.75, 3.05) is 11.9 Å². The minimum absolute atomic E-state index is 0.272. The molecule has 5 nitrogen and oxygen atoms in total. The van der Waals surface area contributed by atoms with E-state index in [1.54, 1.807) is 24.3 Å². The standard InChI is InChI=1S/C25H20F4N4OS/c1-13-7-8-17(26)22-21(13)15(14(2)33-22)9-10-30-24-23-18(31-12-32-24)11-20(35-23)16-5-3-4-6-19(16)34-25(27,28)29/h3-8,11-12,33H,9-10H2,1-2H3,(H,30,31,32). The van der Waals surface area contributed by atoms with Crippen molar-refractivity contribution >= 4 is 38.3 Å². The van der Waals surface area contributed by atoms with Gasteiger partial charge in [-0.15, -0.1) is 24.5 Å². The van der Waals surface area contributed by atoms with Crippen molar-refractivity contribution in [1.29, 1.82) is 0 Å². The molecule has 0 amide bonds. The minimum Gasteiger partial charge on any atom is -0.405 e. The normalized spacial score (nSPS) is 11.9. The Labute approximate surface area is 201 Å². The summed E-state index contributed by atoms with van der Waals surface area (Å²) in [6.07, 6.45) is -2.75. The van der Waals surface area contributed by atoms with Crippen LogP contribution in [0, 0.1) is 19.7 Å². The molecule has 2 N–H and O–H groups in total. The van der Waals surface area contributed by atoms with Crippen LogP contribution in [0.1, 0.15) is 16.8 Å². The molecular weight excluding hydrogens is 480 g/mol. The van der Waals surface area contributed by atoms with E-state index in [1.807, 2.05) is 13.8 Å². The molecule has 5 rings (SSSR count). The van der Waals surface area contributed by atoms with Crippen LogP contribution < -0.4 is 10.1 Å². The summed E-state index contributed by atoms with van der Waals surface area (Å²) in [5, 5.41) is 4.20. The largest absolute Gasteiger partial charge is 0.573 e. The highest BCUT2D eigenvalue weighted by molar-refractivity contribution is 7.22. The van der Waals surface area contributed by atoms with Crippen LogP contribution in [0.3, 0.4) is 0 Å². The van der Waals surface area contributed by atoms with Gasteiger partial charge < -0.3 is 15.0 Å². The fraction of sp³-hybridized carbons (Fsp3) is 0.200. The number of H-pyrrole nitrogens is 1. The number of nitrogens with one attached hydrogen (secondary N) is 2. The van der Waals surface area contributed by atoms with Crippen LogP contribution in [-0.4, -0.2) is 27.9 Å². The van der Waals surface area contributed by atoms with Crippen LogP contribution in [-0.2, 0) is 6.42 Å². The minimum atomic E-state index is -4.79. The Kier molecular flexibility index (Phi) is 5.84. The summed E-state index contributed by atoms with van der Waals surface area (Å²) in [6.45, 7) is 4.40. The Balaban J connectivity index is 1.42. The van der Waals surface area contributed by atoms with Crippen molar-refractivity contribution in [2.24, 2.45) is 0 Å². The van der Waals surface area contributed by atoms with E-state index in [4.69, 9.17) is 0 Å². The smallest absolute Gasteiger partial charge is 0.405 e. The van der Waals surface area contributed by atoms with Gasteiger partial charge in [-0.1, -0.05) is 18.2 Å². The van der Waals surface area contributed by atoms with Crippen molar-refractivity contribution in [1.82, 2.24) is 15.0 Å². The number of benzene rings is 2. The number of aryl methyl sites for hydroxylation is 2. The first kappa shape index (κ1) is 23.1. The molecule has 0 bridgehead atoms. The number of alkyl halides is 3. The quantitative estimate of drug-likeness (QED) is 0.243. The third-order valence-electron chi connectivity index (χ3n) is 5.79. The number of fused-ring (bicyclic) bond motifs is 2. The van der Waals surface area contributed by atoms with E-state index >= 15 is 0 Å². The molecular formula is C25H20F4N4OS. The molecule has 0 saturated heterocycles. The fourth-order valence-electron chi connectivity index (χ4n) is 4.26. The predicted molar refractivity (Wildman–Crippen MR) is 129 cm³/mol. The van der Waals surface area contributed by atoms with E-state index in [-0.39, 0.29) is 11.6 Å². The highest BCUT2D eigenvalue weighted by Crippen LogP contribution is 2.41. The summed E-state index contributed by atoms with van der Waals surface area (Å²) >= 11 is 1.28. The van der Waals surface area contributed by atoms with Gasteiger partial charge in [-0.05, 0) is 55.7 Å². The second-order valence-electron chi connectivity index (χ2n) is 8.11. The van der Waals surface area contributed by atoms with Crippen molar-refractivity contribution in [2.45, 2.75) is 26.6 Å². The van der Waals surface area contributed by atoms with Gasteiger partial charge in [-0.2, -0.15) is 0 Å². The second kappa shape index (κ2) is 8.84. The van der Waals surface area contributed by atoms with E-state index < -0.39 is 6.36 Å². The first-order chi connectivity index (χ1) is 16.7. The summed E-state index contributed by atoms with van der Waals surface area (Å²) in [5.41, 5.74) is 4.37. The lowest BCUT2D eigenvalue weighted by Gasteiger charge is -2.11. The topological polar surface area (TPSA) is 62.8 Å². The Hall–Kier alpha value is -3.66. The lowest BCUT2D eigenvalue weighted by Crippen LogP contribution is -2.17. The zero-order valence-corrected chi connectivity index (χ0v) is 19.6. The zero-order valence-electron chi connectivity index (χ0n) is 18.8. The van der Waals surface area contributed by atoms with Gasteiger partial charge in [-0.25, -0.2) is 14.4 Å². The monoisotopic (exact) mass is 500 g/mol. The van der Waals surface area contributed by atoms with Gasteiger partial charge in [0.05, 0.1) is 15.7 Å². The van der Waals surface area contributed by atoms with E-state index in [0.29, 0.717) is 40.3 Å². The summed E-state index contributed by atoms with van der Waals surface area (Å²) in [5.74, 6) is 0.0265. The number of rotatable bonds is 6. The number of aromatic nitrogens is 3. The first-order valence-electron chi connectivity index (χ1n) is 10.8. The van der Waals surface area contributed by atoms with Crippen molar-refractivity contribution in [3.8, 4) is 16.2 Å². The maximum Gasteiger partial charge on any atom is 0.573 e. The Morgan fingerprint density at radius 3 is 2.69 bits per heavy atom. The van der Waals surface area contributed by atoms with E-state index in [2.05, 4.69) is 25.0 Å². The lowest BCUT2D eigenvalue weighted by atomic mass is 10.0. The summed E-state index contributed by atoms with van der Waals surface area (Å²) in [7, 11) is 0. The molecule has 0 radical (unpaired) electrons. The Morgan fingerprint density at radius 1 is 1.09 bits per heavy atom. The molecule has 0 saturated carbocycles. The summed E-state index contributed by atoms with van der Waals surface area (Å²) in [4.78, 5) is 12.3. The number of ether oxygens (including phenoxy) is 1. The molecule has 2 aromatic carbocycles. The van der Waals surface area contributed by atoms with Gasteiger partial charge in [0, 0.05) is 28.1 Å². The zero-order chi connectivity index (χ0) is 24.7. The van der Waals surface area contributed by atoms with E-state index in [0.717, 1.165) is 26.9 Å². The second-order valence-corrected chi connectivity index (χ2v) is 9.16. The van der Waals surface area contributed by atoms with Crippen LogP contribution in [0.5, 0.6) is 5.75 Å². The Morgan fingerprint density at radius 2 is 1.89 bits per heavy atom. The molecule has 0 aliphatic heterocycles. The fourth-order valence-corrected chi connectivity index (χ4v) is 5.37. The van der Waals surface area contributed by atoms with E-state index in [1.165, 1.54) is 35.9 Å². The van der Waals surface area contributed by atoms with Crippen LogP contribution in [0.25, 0.3) is 31.6 Å². The van der Waals surface area contributed by atoms with Crippen molar-refractivity contribution < 1.29 is 22.3 Å². The molecule has 0 aliphatic carbocycles. The van der Waals surface area contributed by atoms with Gasteiger partial charge in [0.1, 0.15) is 23.7 Å². The number of thiophene rings is 1. The van der Waals surface area contributed by atoms with Gasteiger partial charge in [0.25, 0.3) is 0 Å². The highest BCUT2D eigenvalue weighted by Gasteiger charge is 2.32. The van der Waals surface area contributed by atoms with Crippen molar-refractivity contribution in [3.63, 3.8) is 0 Å². The van der Waals surface area contributed by atoms with Gasteiger partial charge in [0.15, 0.2) is 0 Å². The lowest BCUT2D eigenvalue weighted by molar-refractivity contribution is -0.274. The molecule has 0 aliphatic rings. The van der Waals surface area contributed by atoms with Gasteiger partial charge in [0.2, 0.25) is 0 Å². The molecule has 0 atom stereocenters. The van der Waals surface area contributed by atoms with Crippen LogP contribution in [0.4, 0.5) is 23.4 Å². The molecule has 35 heavy (non-hydrogen) atoms. The number of para-hydroxylation sites is 1. The SMILES string of the molecule is Cc1[nH]c2c(F)ccc(C)c2c1CCNc1ncnc2cc(-c3ccccc3OC(F)(F)F)sc12. The van der Waals surface area contributed by atoms with E-state index in [9.17, 15) is 17.6 Å². The highest BCUT2D eigenvalue weighted by atomic mass is 32.1. The molecule has 180 valence electrons. The third-order valence-corrected chi connectivity index (χ3v) is 6.95. The van der Waals surface area contributed by atoms with Crippen LogP contribution in [0.2, 0.25) is 0 Å². The molecule has 5 aromatic rings. The summed E-state index contributed by atoms with van der Waals surface area (Å²) in [6, 6.07) is 11.0. The molecule has 0 fully saturated rings. The molecule has 10 heteroatoms. The molecule has 0 spiro atoms. The maximum absolute atomic E-state index is 14.2. The number of halogens is 4.